The number of hydrogen-bond acceptors (Lipinski definition) is 7. The van der Waals surface area contributed by atoms with Crippen molar-refractivity contribution in [3.05, 3.63) is 48.2 Å². The number of nitrogens with one attached hydrogen (secondary N) is 1. The van der Waals surface area contributed by atoms with E-state index in [0.29, 0.717) is 17.5 Å². The molecule has 1 amide bonds. The average molecular weight is 345 g/mol. The number of benzene rings is 1. The first-order valence-electron chi connectivity index (χ1n) is 7.15. The quantitative estimate of drug-likeness (QED) is 0.658. The first-order valence-corrected chi connectivity index (χ1v) is 8.13. The van der Waals surface area contributed by atoms with Gasteiger partial charge in [0.15, 0.2) is 5.76 Å². The van der Waals surface area contributed by atoms with Gasteiger partial charge in [-0.05, 0) is 18.2 Å². The lowest BCUT2D eigenvalue weighted by atomic mass is 10.2. The van der Waals surface area contributed by atoms with Crippen molar-refractivity contribution in [3.63, 3.8) is 0 Å². The molecule has 2 aromatic heterocycles. The molecule has 0 fully saturated rings. The summed E-state index contributed by atoms with van der Waals surface area (Å²) in [6, 6.07) is 11.0. The van der Waals surface area contributed by atoms with Gasteiger partial charge in [-0.15, -0.1) is 10.2 Å². The van der Waals surface area contributed by atoms with Gasteiger partial charge in [-0.1, -0.05) is 30.0 Å². The van der Waals surface area contributed by atoms with Crippen LogP contribution in [0.1, 0.15) is 5.56 Å². The van der Waals surface area contributed by atoms with E-state index in [-0.39, 0.29) is 17.6 Å². The molecular weight excluding hydrogens is 330 g/mol. The number of thioether (sulfide) groups is 1. The summed E-state index contributed by atoms with van der Waals surface area (Å²) in [5, 5.41) is 10.9. The molecule has 0 unspecified atom stereocenters. The lowest BCUT2D eigenvalue weighted by molar-refractivity contribution is -0.118. The first-order chi connectivity index (χ1) is 11.8. The number of aromatic nitrogens is 2. The molecule has 0 bridgehead atoms. The van der Waals surface area contributed by atoms with Gasteiger partial charge in [-0.3, -0.25) is 4.79 Å². The van der Waals surface area contributed by atoms with E-state index in [1.807, 2.05) is 24.3 Å². The van der Waals surface area contributed by atoms with Crippen LogP contribution >= 0.6 is 11.8 Å². The third-order valence-corrected chi connectivity index (χ3v) is 3.95. The maximum absolute atomic E-state index is 11.9. The van der Waals surface area contributed by atoms with Crippen molar-refractivity contribution in [2.24, 2.45) is 0 Å². The van der Waals surface area contributed by atoms with Gasteiger partial charge in [0.25, 0.3) is 11.1 Å². The summed E-state index contributed by atoms with van der Waals surface area (Å²) >= 11 is 1.17. The van der Waals surface area contributed by atoms with Gasteiger partial charge in [-0.25, -0.2) is 0 Å². The zero-order valence-electron chi connectivity index (χ0n) is 12.9. The number of ether oxygens (including phenoxy) is 1. The van der Waals surface area contributed by atoms with E-state index in [1.54, 1.807) is 19.2 Å². The van der Waals surface area contributed by atoms with Crippen LogP contribution in [0.3, 0.4) is 0 Å². The largest absolute Gasteiger partial charge is 0.496 e. The Labute approximate surface area is 142 Å². The lowest BCUT2D eigenvalue weighted by Gasteiger charge is -2.08. The third kappa shape index (κ3) is 3.96. The van der Waals surface area contributed by atoms with Crippen LogP contribution in [0.4, 0.5) is 0 Å². The van der Waals surface area contributed by atoms with Crippen LogP contribution in [0.5, 0.6) is 5.75 Å². The second kappa shape index (κ2) is 7.69. The summed E-state index contributed by atoms with van der Waals surface area (Å²) in [5.74, 6) is 1.57. The minimum atomic E-state index is -0.136. The lowest BCUT2D eigenvalue weighted by Crippen LogP contribution is -2.24. The molecule has 8 heteroatoms. The number of methoxy groups -OCH3 is 1. The van der Waals surface area contributed by atoms with E-state index in [2.05, 4.69) is 15.5 Å². The van der Waals surface area contributed by atoms with Gasteiger partial charge < -0.3 is 18.9 Å². The van der Waals surface area contributed by atoms with Crippen molar-refractivity contribution < 1.29 is 18.4 Å². The zero-order valence-corrected chi connectivity index (χ0v) is 13.7. The second-order valence-electron chi connectivity index (χ2n) is 4.73. The number of carbonyl (C=O) groups excluding carboxylic acids is 1. The Morgan fingerprint density at radius 2 is 2.12 bits per heavy atom. The maximum Gasteiger partial charge on any atom is 0.284 e. The smallest absolute Gasteiger partial charge is 0.284 e. The fraction of sp³-hybridized carbons (Fsp3) is 0.188. The summed E-state index contributed by atoms with van der Waals surface area (Å²) in [4.78, 5) is 11.9. The van der Waals surface area contributed by atoms with Crippen molar-refractivity contribution in [3.8, 4) is 17.4 Å². The SMILES string of the molecule is COc1ccccc1CNC(=O)CSc1nnc(-c2ccco2)o1. The van der Waals surface area contributed by atoms with Crippen LogP contribution in [0.25, 0.3) is 11.7 Å². The molecule has 0 saturated heterocycles. The molecule has 0 aliphatic carbocycles. The number of nitrogens with zero attached hydrogens (tertiary/aromatic N) is 2. The topological polar surface area (TPSA) is 90.4 Å². The van der Waals surface area contributed by atoms with Gasteiger partial charge in [-0.2, -0.15) is 0 Å². The number of hydrogen-bond donors (Lipinski definition) is 1. The van der Waals surface area contributed by atoms with Crippen LogP contribution in [0.2, 0.25) is 0 Å². The third-order valence-electron chi connectivity index (χ3n) is 3.13. The summed E-state index contributed by atoms with van der Waals surface area (Å²) in [6.07, 6.45) is 1.53. The standard InChI is InChI=1S/C16H15N3O4S/c1-21-12-6-3-2-5-11(12)9-17-14(20)10-24-16-19-18-15(23-16)13-7-4-8-22-13/h2-8H,9-10H2,1H3,(H,17,20). The van der Waals surface area contributed by atoms with E-state index in [4.69, 9.17) is 13.6 Å². The average Bonchev–Trinajstić information content (AvgIpc) is 3.29. The van der Waals surface area contributed by atoms with E-state index in [0.717, 1.165) is 11.3 Å². The van der Waals surface area contributed by atoms with Crippen molar-refractivity contribution in [1.82, 2.24) is 15.5 Å². The summed E-state index contributed by atoms with van der Waals surface area (Å²) in [7, 11) is 1.60. The van der Waals surface area contributed by atoms with E-state index in [1.165, 1.54) is 18.0 Å². The predicted octanol–water partition coefficient (Wildman–Crippen LogP) is 2.75. The van der Waals surface area contributed by atoms with Gasteiger partial charge >= 0.3 is 0 Å². The molecule has 7 nitrogen and oxygen atoms in total. The predicted molar refractivity (Wildman–Crippen MR) is 87.6 cm³/mol. The molecule has 3 aromatic rings. The van der Waals surface area contributed by atoms with Crippen LogP contribution < -0.4 is 10.1 Å². The van der Waals surface area contributed by atoms with Crippen molar-refractivity contribution in [2.45, 2.75) is 11.8 Å². The van der Waals surface area contributed by atoms with Crippen LogP contribution in [0, 0.1) is 0 Å². The molecule has 124 valence electrons. The molecule has 1 N–H and O–H groups in total. The normalized spacial score (nSPS) is 10.5. The fourth-order valence-electron chi connectivity index (χ4n) is 1.99. The molecule has 3 rings (SSSR count). The van der Waals surface area contributed by atoms with Gasteiger partial charge in [0, 0.05) is 12.1 Å². The van der Waals surface area contributed by atoms with Crippen molar-refractivity contribution >= 4 is 17.7 Å². The summed E-state index contributed by atoms with van der Waals surface area (Å²) in [6.45, 7) is 0.394. The number of carbonyl (C=O) groups is 1. The summed E-state index contributed by atoms with van der Waals surface area (Å²) < 4.78 is 15.8. The van der Waals surface area contributed by atoms with Crippen LogP contribution in [-0.4, -0.2) is 29.0 Å². The minimum absolute atomic E-state index is 0.136. The molecule has 0 radical (unpaired) electrons. The number of para-hydroxylation sites is 1. The number of rotatable bonds is 7. The van der Waals surface area contributed by atoms with Gasteiger partial charge in [0.1, 0.15) is 5.75 Å². The molecule has 0 atom stereocenters. The molecule has 0 aliphatic rings. The highest BCUT2D eigenvalue weighted by Gasteiger charge is 2.13. The Morgan fingerprint density at radius 1 is 1.25 bits per heavy atom. The van der Waals surface area contributed by atoms with E-state index >= 15 is 0 Å². The van der Waals surface area contributed by atoms with Crippen molar-refractivity contribution in [2.75, 3.05) is 12.9 Å². The molecule has 0 spiro atoms. The molecule has 24 heavy (non-hydrogen) atoms. The second-order valence-corrected chi connectivity index (χ2v) is 5.65. The highest BCUT2D eigenvalue weighted by atomic mass is 32.2. The Morgan fingerprint density at radius 3 is 2.92 bits per heavy atom. The van der Waals surface area contributed by atoms with Crippen LogP contribution in [-0.2, 0) is 11.3 Å². The monoisotopic (exact) mass is 345 g/mol. The van der Waals surface area contributed by atoms with Crippen molar-refractivity contribution in [1.29, 1.82) is 0 Å². The van der Waals surface area contributed by atoms with Gasteiger partial charge in [0.05, 0.1) is 19.1 Å². The number of furan rings is 1. The maximum atomic E-state index is 11.9. The van der Waals surface area contributed by atoms with E-state index in [9.17, 15) is 4.79 Å². The zero-order chi connectivity index (χ0) is 16.8. The molecule has 0 saturated carbocycles. The van der Waals surface area contributed by atoms with Gasteiger partial charge in [0.2, 0.25) is 5.91 Å². The Kier molecular flexibility index (Phi) is 5.17. The molecular formula is C16H15N3O4S. The highest BCUT2D eigenvalue weighted by Crippen LogP contribution is 2.23. The molecule has 0 aliphatic heterocycles. The summed E-state index contributed by atoms with van der Waals surface area (Å²) in [5.41, 5.74) is 0.913. The molecule has 2 heterocycles. The minimum Gasteiger partial charge on any atom is -0.496 e. The molecule has 1 aromatic carbocycles. The Balaban J connectivity index is 1.49. The van der Waals surface area contributed by atoms with Crippen LogP contribution in [0.15, 0.2) is 56.7 Å². The Bertz CT molecular complexity index is 801. The highest BCUT2D eigenvalue weighted by molar-refractivity contribution is 7.99. The fourth-order valence-corrected chi connectivity index (χ4v) is 2.58. The Hall–Kier alpha value is -2.74. The first kappa shape index (κ1) is 16.1. The van der Waals surface area contributed by atoms with E-state index < -0.39 is 0 Å². The number of amides is 1.